The van der Waals surface area contributed by atoms with Gasteiger partial charge < -0.3 is 5.32 Å². The first kappa shape index (κ1) is 17.8. The molecular formula is C18H28FNO. The Balaban J connectivity index is 1.96. The fourth-order valence-electron chi connectivity index (χ4n) is 2.31. The topological polar surface area (TPSA) is 29.1 Å². The molecule has 21 heavy (non-hydrogen) atoms. The molecule has 0 saturated carbocycles. The molecule has 0 aliphatic rings. The summed E-state index contributed by atoms with van der Waals surface area (Å²) in [6.07, 6.45) is 9.19. The van der Waals surface area contributed by atoms with Gasteiger partial charge in [0.2, 0.25) is 0 Å². The van der Waals surface area contributed by atoms with E-state index >= 15 is 0 Å². The Labute approximate surface area is 128 Å². The number of benzene rings is 1. The average molecular weight is 293 g/mol. The minimum absolute atomic E-state index is 0.0939. The van der Waals surface area contributed by atoms with Crippen LogP contribution < -0.4 is 5.32 Å². The summed E-state index contributed by atoms with van der Waals surface area (Å²) in [5.74, 6) is -0.205. The average Bonchev–Trinajstić information content (AvgIpc) is 2.49. The van der Waals surface area contributed by atoms with Crippen LogP contribution in [0.25, 0.3) is 0 Å². The lowest BCUT2D eigenvalue weighted by Crippen LogP contribution is -2.17. The second-order valence-corrected chi connectivity index (χ2v) is 5.55. The van der Waals surface area contributed by atoms with Crippen LogP contribution in [-0.2, 0) is 0 Å². The van der Waals surface area contributed by atoms with Crippen molar-refractivity contribution < 1.29 is 9.18 Å². The van der Waals surface area contributed by atoms with Gasteiger partial charge in [0.15, 0.2) is 5.78 Å². The number of rotatable bonds is 12. The van der Waals surface area contributed by atoms with Crippen molar-refractivity contribution in [2.24, 2.45) is 0 Å². The Kier molecular flexibility index (Phi) is 9.71. The van der Waals surface area contributed by atoms with E-state index in [1.165, 1.54) is 50.7 Å². The molecular weight excluding hydrogens is 265 g/mol. The molecule has 0 aromatic heterocycles. The first-order valence-corrected chi connectivity index (χ1v) is 8.23. The number of halogens is 1. The zero-order chi connectivity index (χ0) is 15.3. The molecule has 0 radical (unpaired) electrons. The minimum atomic E-state index is -0.299. The van der Waals surface area contributed by atoms with Gasteiger partial charge in [0.1, 0.15) is 5.82 Å². The lowest BCUT2D eigenvalue weighted by molar-refractivity contribution is 0.0980. The molecule has 1 aromatic rings. The van der Waals surface area contributed by atoms with E-state index in [1.807, 2.05) is 0 Å². The van der Waals surface area contributed by atoms with Gasteiger partial charge in [-0.25, -0.2) is 4.39 Å². The number of ketones is 1. The van der Waals surface area contributed by atoms with Crippen LogP contribution in [0, 0.1) is 5.82 Å². The highest BCUT2D eigenvalue weighted by molar-refractivity contribution is 5.95. The van der Waals surface area contributed by atoms with Crippen molar-refractivity contribution in [2.45, 2.75) is 58.3 Å². The van der Waals surface area contributed by atoms with Crippen LogP contribution in [0.5, 0.6) is 0 Å². The zero-order valence-corrected chi connectivity index (χ0v) is 13.2. The van der Waals surface area contributed by atoms with Gasteiger partial charge in [-0.15, -0.1) is 0 Å². The molecule has 0 saturated heterocycles. The molecule has 0 heterocycles. The number of carbonyl (C=O) groups is 1. The van der Waals surface area contributed by atoms with Crippen molar-refractivity contribution in [3.05, 3.63) is 35.6 Å². The van der Waals surface area contributed by atoms with Crippen molar-refractivity contribution in [2.75, 3.05) is 13.1 Å². The fraction of sp³-hybridized carbons (Fsp3) is 0.611. The molecule has 1 N–H and O–H groups in total. The highest BCUT2D eigenvalue weighted by atomic mass is 19.1. The molecule has 0 unspecified atom stereocenters. The summed E-state index contributed by atoms with van der Waals surface area (Å²) in [5.41, 5.74) is 0.604. The molecule has 0 atom stereocenters. The van der Waals surface area contributed by atoms with Gasteiger partial charge in [-0.2, -0.15) is 0 Å². The third-order valence-corrected chi connectivity index (χ3v) is 3.63. The van der Waals surface area contributed by atoms with Gasteiger partial charge in [-0.1, -0.05) is 39.0 Å². The SMILES string of the molecule is CCCCCCCCNCCCC(=O)c1ccc(F)cc1. The van der Waals surface area contributed by atoms with Gasteiger partial charge in [0, 0.05) is 12.0 Å². The second-order valence-electron chi connectivity index (χ2n) is 5.55. The first-order valence-electron chi connectivity index (χ1n) is 8.23. The zero-order valence-electron chi connectivity index (χ0n) is 13.2. The number of nitrogens with one attached hydrogen (secondary N) is 1. The van der Waals surface area contributed by atoms with E-state index in [4.69, 9.17) is 0 Å². The third kappa shape index (κ3) is 8.61. The Bertz CT molecular complexity index is 389. The summed E-state index contributed by atoms with van der Waals surface area (Å²) < 4.78 is 12.8. The van der Waals surface area contributed by atoms with E-state index in [1.54, 1.807) is 12.1 Å². The Morgan fingerprint density at radius 3 is 2.29 bits per heavy atom. The summed E-state index contributed by atoms with van der Waals surface area (Å²) in [4.78, 5) is 11.8. The molecule has 0 amide bonds. The van der Waals surface area contributed by atoms with Crippen LogP contribution in [0.1, 0.15) is 68.6 Å². The van der Waals surface area contributed by atoms with Gasteiger partial charge in [0.05, 0.1) is 0 Å². The van der Waals surface area contributed by atoms with Crippen LogP contribution in [-0.4, -0.2) is 18.9 Å². The highest BCUT2D eigenvalue weighted by Gasteiger charge is 2.05. The fourth-order valence-corrected chi connectivity index (χ4v) is 2.31. The van der Waals surface area contributed by atoms with E-state index in [-0.39, 0.29) is 11.6 Å². The predicted octanol–water partition coefficient (Wildman–Crippen LogP) is 4.74. The van der Waals surface area contributed by atoms with E-state index in [0.29, 0.717) is 12.0 Å². The lowest BCUT2D eigenvalue weighted by atomic mass is 10.1. The van der Waals surface area contributed by atoms with E-state index in [2.05, 4.69) is 12.2 Å². The molecule has 3 heteroatoms. The maximum Gasteiger partial charge on any atom is 0.162 e. The van der Waals surface area contributed by atoms with E-state index in [9.17, 15) is 9.18 Å². The molecule has 0 fully saturated rings. The molecule has 0 aliphatic heterocycles. The predicted molar refractivity (Wildman–Crippen MR) is 86.2 cm³/mol. The normalized spacial score (nSPS) is 10.8. The number of unbranched alkanes of at least 4 members (excludes halogenated alkanes) is 5. The number of Topliss-reactive ketones (excluding diaryl/α,β-unsaturated/α-hetero) is 1. The Morgan fingerprint density at radius 2 is 1.57 bits per heavy atom. The van der Waals surface area contributed by atoms with Crippen molar-refractivity contribution in [3.63, 3.8) is 0 Å². The van der Waals surface area contributed by atoms with Crippen LogP contribution in [0.2, 0.25) is 0 Å². The van der Waals surface area contributed by atoms with Gasteiger partial charge in [-0.05, 0) is 50.2 Å². The highest BCUT2D eigenvalue weighted by Crippen LogP contribution is 2.07. The van der Waals surface area contributed by atoms with Crippen LogP contribution in [0.15, 0.2) is 24.3 Å². The molecule has 1 rings (SSSR count). The molecule has 118 valence electrons. The smallest absolute Gasteiger partial charge is 0.162 e. The van der Waals surface area contributed by atoms with E-state index < -0.39 is 0 Å². The first-order chi connectivity index (χ1) is 10.2. The minimum Gasteiger partial charge on any atom is -0.317 e. The molecule has 0 bridgehead atoms. The van der Waals surface area contributed by atoms with Crippen LogP contribution in [0.4, 0.5) is 4.39 Å². The van der Waals surface area contributed by atoms with Gasteiger partial charge in [0.25, 0.3) is 0 Å². The van der Waals surface area contributed by atoms with E-state index in [0.717, 1.165) is 19.5 Å². The number of hydrogen-bond donors (Lipinski definition) is 1. The molecule has 2 nitrogen and oxygen atoms in total. The summed E-state index contributed by atoms with van der Waals surface area (Å²) in [7, 11) is 0. The van der Waals surface area contributed by atoms with Crippen molar-refractivity contribution >= 4 is 5.78 Å². The molecule has 0 aliphatic carbocycles. The summed E-state index contributed by atoms with van der Waals surface area (Å²) in [5, 5.41) is 3.38. The summed E-state index contributed by atoms with van der Waals surface area (Å²) >= 11 is 0. The quantitative estimate of drug-likeness (QED) is 0.445. The standard InChI is InChI=1S/C18H28FNO/c1-2-3-4-5-6-7-14-20-15-8-9-18(21)16-10-12-17(19)13-11-16/h10-13,20H,2-9,14-15H2,1H3. The summed E-state index contributed by atoms with van der Waals surface area (Å²) in [6.45, 7) is 4.15. The van der Waals surface area contributed by atoms with Crippen molar-refractivity contribution in [1.82, 2.24) is 5.32 Å². The van der Waals surface area contributed by atoms with Crippen LogP contribution in [0.3, 0.4) is 0 Å². The largest absolute Gasteiger partial charge is 0.317 e. The lowest BCUT2D eigenvalue weighted by Gasteiger charge is -2.05. The second kappa shape index (κ2) is 11.4. The monoisotopic (exact) mass is 293 g/mol. The van der Waals surface area contributed by atoms with Crippen molar-refractivity contribution in [1.29, 1.82) is 0 Å². The maximum atomic E-state index is 12.8. The maximum absolute atomic E-state index is 12.8. The third-order valence-electron chi connectivity index (χ3n) is 3.63. The van der Waals surface area contributed by atoms with Crippen LogP contribution >= 0.6 is 0 Å². The number of hydrogen-bond acceptors (Lipinski definition) is 2. The number of carbonyl (C=O) groups excluding carboxylic acids is 1. The Morgan fingerprint density at radius 1 is 0.952 bits per heavy atom. The van der Waals surface area contributed by atoms with Crippen molar-refractivity contribution in [3.8, 4) is 0 Å². The van der Waals surface area contributed by atoms with Gasteiger partial charge >= 0.3 is 0 Å². The Hall–Kier alpha value is -1.22. The summed E-state index contributed by atoms with van der Waals surface area (Å²) in [6, 6.07) is 5.79. The van der Waals surface area contributed by atoms with Gasteiger partial charge in [-0.3, -0.25) is 4.79 Å². The molecule has 0 spiro atoms. The molecule has 1 aromatic carbocycles.